The number of aryl methyl sites for hydroxylation is 2. The van der Waals surface area contributed by atoms with Crippen LogP contribution in [0.25, 0.3) is 11.0 Å². The van der Waals surface area contributed by atoms with Crippen molar-refractivity contribution in [3.8, 4) is 0 Å². The number of halogens is 1. The Morgan fingerprint density at radius 1 is 1.06 bits per heavy atom. The van der Waals surface area contributed by atoms with Gasteiger partial charge in [0.15, 0.2) is 0 Å². The van der Waals surface area contributed by atoms with Gasteiger partial charge in [0.2, 0.25) is 0 Å². The predicted molar refractivity (Wildman–Crippen MR) is 137 cm³/mol. The molecule has 2 fully saturated rings. The minimum absolute atomic E-state index is 0.0550. The van der Waals surface area contributed by atoms with Crippen LogP contribution in [0.1, 0.15) is 72.4 Å². The van der Waals surface area contributed by atoms with Crippen LogP contribution in [0.2, 0.25) is 0 Å². The number of hydrogen-bond acceptors (Lipinski definition) is 6. The molecule has 192 valence electrons. The van der Waals surface area contributed by atoms with E-state index in [0.717, 1.165) is 36.2 Å². The summed E-state index contributed by atoms with van der Waals surface area (Å²) in [5.74, 6) is 1.12. The van der Waals surface area contributed by atoms with Gasteiger partial charge in [-0.25, -0.2) is 14.2 Å². The van der Waals surface area contributed by atoms with Gasteiger partial charge in [-0.15, -0.1) is 0 Å². The Kier molecular flexibility index (Phi) is 6.76. The van der Waals surface area contributed by atoms with E-state index in [0.29, 0.717) is 36.9 Å². The molecule has 0 unspecified atom stereocenters. The van der Waals surface area contributed by atoms with Crippen LogP contribution in [0.4, 0.5) is 4.39 Å². The fourth-order valence-corrected chi connectivity index (χ4v) is 6.72. The standard InChI is InChI=1S/C25H31FN6O3S/c1-14-21(15(2)30(3)29-14)23(33)28-17-4-6-18(7-5-17)32-24(34)20-12-16(26)13-27-22(20)31(25(32)35)19-8-10-36-11-9-19/h12-13,17-19H,4-11H2,1-3H3,(H,28,33)/t17-,18+. The number of carbonyl (C=O) groups excluding carboxylic acids is 1. The zero-order chi connectivity index (χ0) is 25.6. The number of nitrogens with zero attached hydrogens (tertiary/aromatic N) is 5. The number of carbonyl (C=O) groups is 1. The first-order valence-corrected chi connectivity index (χ1v) is 13.6. The first kappa shape index (κ1) is 24.7. The summed E-state index contributed by atoms with van der Waals surface area (Å²) in [5.41, 5.74) is 1.50. The van der Waals surface area contributed by atoms with E-state index in [2.05, 4.69) is 15.4 Å². The summed E-state index contributed by atoms with van der Waals surface area (Å²) in [4.78, 5) is 44.2. The Hall–Kier alpha value is -2.95. The number of pyridine rings is 1. The number of thioether (sulfide) groups is 1. The highest BCUT2D eigenvalue weighted by molar-refractivity contribution is 7.99. The lowest BCUT2D eigenvalue weighted by atomic mass is 9.90. The van der Waals surface area contributed by atoms with E-state index < -0.39 is 11.4 Å². The van der Waals surface area contributed by atoms with Gasteiger partial charge in [-0.05, 0) is 69.9 Å². The van der Waals surface area contributed by atoms with Crippen LogP contribution in [0.5, 0.6) is 0 Å². The van der Waals surface area contributed by atoms with Crippen molar-refractivity contribution in [3.63, 3.8) is 0 Å². The SMILES string of the molecule is Cc1nn(C)c(C)c1C(=O)N[C@H]1CC[C@@H](n2c(=O)c3cc(F)cnc3n(C3CCSCC3)c2=O)CC1. The van der Waals surface area contributed by atoms with Crippen molar-refractivity contribution in [1.82, 2.24) is 29.2 Å². The molecule has 36 heavy (non-hydrogen) atoms. The molecule has 2 aliphatic rings. The average molecular weight is 515 g/mol. The number of hydrogen-bond donors (Lipinski definition) is 1. The molecule has 1 aliphatic carbocycles. The highest BCUT2D eigenvalue weighted by Gasteiger charge is 2.30. The molecular weight excluding hydrogens is 483 g/mol. The molecule has 0 atom stereocenters. The smallest absolute Gasteiger partial charge is 0.333 e. The third-order valence-corrected chi connectivity index (χ3v) is 8.66. The molecule has 1 saturated heterocycles. The van der Waals surface area contributed by atoms with Gasteiger partial charge in [0, 0.05) is 30.9 Å². The third kappa shape index (κ3) is 4.38. The second kappa shape index (κ2) is 9.84. The molecule has 3 aromatic rings. The molecule has 3 aromatic heterocycles. The lowest BCUT2D eigenvalue weighted by molar-refractivity contribution is 0.0920. The topological polar surface area (TPSA) is 104 Å². The fraction of sp³-hybridized carbons (Fsp3) is 0.560. The Balaban J connectivity index is 1.42. The minimum Gasteiger partial charge on any atom is -0.349 e. The number of aromatic nitrogens is 5. The summed E-state index contributed by atoms with van der Waals surface area (Å²) in [7, 11) is 1.81. The molecule has 1 aliphatic heterocycles. The molecule has 0 spiro atoms. The van der Waals surface area contributed by atoms with Crippen LogP contribution in [-0.4, -0.2) is 47.4 Å². The Labute approximate surface area is 212 Å². The highest BCUT2D eigenvalue weighted by atomic mass is 32.2. The van der Waals surface area contributed by atoms with Crippen LogP contribution >= 0.6 is 11.8 Å². The van der Waals surface area contributed by atoms with Crippen molar-refractivity contribution in [1.29, 1.82) is 0 Å². The average Bonchev–Trinajstić information content (AvgIpc) is 3.12. The number of nitrogens with one attached hydrogen (secondary N) is 1. The van der Waals surface area contributed by atoms with Gasteiger partial charge < -0.3 is 5.32 Å². The van der Waals surface area contributed by atoms with Crippen molar-refractivity contribution in [2.45, 2.75) is 70.5 Å². The molecule has 0 radical (unpaired) electrons. The largest absolute Gasteiger partial charge is 0.349 e. The van der Waals surface area contributed by atoms with Crippen molar-refractivity contribution in [2.24, 2.45) is 7.05 Å². The molecule has 1 amide bonds. The normalized spacial score (nSPS) is 21.1. The maximum absolute atomic E-state index is 14.1. The highest BCUT2D eigenvalue weighted by Crippen LogP contribution is 2.30. The van der Waals surface area contributed by atoms with E-state index in [1.807, 2.05) is 32.7 Å². The van der Waals surface area contributed by atoms with Crippen molar-refractivity contribution >= 4 is 28.7 Å². The lowest BCUT2D eigenvalue weighted by Gasteiger charge is -2.31. The van der Waals surface area contributed by atoms with Crippen LogP contribution in [0.15, 0.2) is 21.9 Å². The van der Waals surface area contributed by atoms with E-state index in [9.17, 15) is 18.8 Å². The van der Waals surface area contributed by atoms with Crippen molar-refractivity contribution in [3.05, 3.63) is 55.9 Å². The quantitative estimate of drug-likeness (QED) is 0.574. The summed E-state index contributed by atoms with van der Waals surface area (Å²) in [6.45, 7) is 3.68. The van der Waals surface area contributed by atoms with E-state index in [4.69, 9.17) is 0 Å². The summed E-state index contributed by atoms with van der Waals surface area (Å²) in [6.07, 6.45) is 5.10. The lowest BCUT2D eigenvalue weighted by Crippen LogP contribution is -2.46. The first-order valence-electron chi connectivity index (χ1n) is 12.5. The van der Waals surface area contributed by atoms with E-state index in [1.165, 1.54) is 10.6 Å². The van der Waals surface area contributed by atoms with Crippen LogP contribution < -0.4 is 16.6 Å². The maximum atomic E-state index is 14.1. The molecular formula is C25H31FN6O3S. The van der Waals surface area contributed by atoms with Crippen LogP contribution in [0, 0.1) is 19.7 Å². The van der Waals surface area contributed by atoms with Crippen molar-refractivity contribution in [2.75, 3.05) is 11.5 Å². The molecule has 11 heteroatoms. The van der Waals surface area contributed by atoms with Crippen LogP contribution in [-0.2, 0) is 7.05 Å². The van der Waals surface area contributed by atoms with Gasteiger partial charge in [-0.1, -0.05) is 0 Å². The maximum Gasteiger partial charge on any atom is 0.333 e. The Morgan fingerprint density at radius 2 is 1.72 bits per heavy atom. The molecule has 1 N–H and O–H groups in total. The molecule has 1 saturated carbocycles. The minimum atomic E-state index is -0.594. The molecule has 0 bridgehead atoms. The predicted octanol–water partition coefficient (Wildman–Crippen LogP) is 3.03. The number of amides is 1. The van der Waals surface area contributed by atoms with E-state index in [-0.39, 0.29) is 40.8 Å². The van der Waals surface area contributed by atoms with Gasteiger partial charge in [-0.3, -0.25) is 23.4 Å². The first-order chi connectivity index (χ1) is 17.3. The third-order valence-electron chi connectivity index (χ3n) is 7.61. The fourth-order valence-electron chi connectivity index (χ4n) is 5.64. The zero-order valence-corrected chi connectivity index (χ0v) is 21.6. The summed E-state index contributed by atoms with van der Waals surface area (Å²) >= 11 is 1.84. The summed E-state index contributed by atoms with van der Waals surface area (Å²) < 4.78 is 18.7. The molecule has 0 aromatic carbocycles. The van der Waals surface area contributed by atoms with E-state index in [1.54, 1.807) is 9.25 Å². The van der Waals surface area contributed by atoms with Gasteiger partial charge in [0.1, 0.15) is 11.5 Å². The Bertz CT molecular complexity index is 1430. The second-order valence-electron chi connectivity index (χ2n) is 9.84. The van der Waals surface area contributed by atoms with Gasteiger partial charge >= 0.3 is 5.69 Å². The van der Waals surface area contributed by atoms with E-state index >= 15 is 0 Å². The zero-order valence-electron chi connectivity index (χ0n) is 20.8. The summed E-state index contributed by atoms with van der Waals surface area (Å²) in [6, 6.07) is 0.768. The van der Waals surface area contributed by atoms with Gasteiger partial charge in [0.05, 0.1) is 22.8 Å². The number of rotatable bonds is 4. The van der Waals surface area contributed by atoms with Crippen molar-refractivity contribution < 1.29 is 9.18 Å². The van der Waals surface area contributed by atoms with Gasteiger partial charge in [0.25, 0.3) is 11.5 Å². The van der Waals surface area contributed by atoms with Gasteiger partial charge in [-0.2, -0.15) is 16.9 Å². The molecule has 4 heterocycles. The van der Waals surface area contributed by atoms with Crippen LogP contribution in [0.3, 0.4) is 0 Å². The summed E-state index contributed by atoms with van der Waals surface area (Å²) in [5, 5.41) is 7.57. The Morgan fingerprint density at radius 3 is 2.36 bits per heavy atom. The molecule has 9 nitrogen and oxygen atoms in total. The molecule has 5 rings (SSSR count). The second-order valence-corrected chi connectivity index (χ2v) is 11.1. The number of fused-ring (bicyclic) bond motifs is 1. The monoisotopic (exact) mass is 514 g/mol.